The molecule has 0 amide bonds. The minimum atomic E-state index is 0.177. The lowest BCUT2D eigenvalue weighted by molar-refractivity contribution is 0.662. The fraction of sp³-hybridized carbons (Fsp3) is 0.368. The summed E-state index contributed by atoms with van der Waals surface area (Å²) in [5.74, 6) is 0. The van der Waals surface area contributed by atoms with E-state index in [1.807, 2.05) is 0 Å². The van der Waals surface area contributed by atoms with Crippen molar-refractivity contribution in [2.45, 2.75) is 46.6 Å². The Morgan fingerprint density at radius 3 is 2.10 bits per heavy atom. The molecule has 2 aromatic rings. The summed E-state index contributed by atoms with van der Waals surface area (Å²) in [6.45, 7) is 8.59. The Morgan fingerprint density at radius 1 is 0.800 bits per heavy atom. The molecule has 0 saturated heterocycles. The average Bonchev–Trinajstić information content (AvgIpc) is 2.32. The van der Waals surface area contributed by atoms with Gasteiger partial charge in [0.1, 0.15) is 0 Å². The van der Waals surface area contributed by atoms with E-state index in [2.05, 4.69) is 64.1 Å². The summed E-state index contributed by atoms with van der Waals surface area (Å²) in [4.78, 5) is 0. The molecule has 0 radical (unpaired) electrons. The molecule has 1 heteroatoms. The Bertz CT molecular complexity index is 578. The SMILES string of the molecule is Cc1cc(C)cc(CC(N)Cc2cc(C)ccc2C)c1. The number of rotatable bonds is 4. The van der Waals surface area contributed by atoms with E-state index in [9.17, 15) is 0 Å². The highest BCUT2D eigenvalue weighted by Gasteiger charge is 2.08. The third kappa shape index (κ3) is 3.94. The Morgan fingerprint density at radius 2 is 1.45 bits per heavy atom. The van der Waals surface area contributed by atoms with Crippen LogP contribution in [0.1, 0.15) is 33.4 Å². The third-order valence-corrected chi connectivity index (χ3v) is 3.77. The van der Waals surface area contributed by atoms with Gasteiger partial charge in [0.25, 0.3) is 0 Å². The van der Waals surface area contributed by atoms with Crippen molar-refractivity contribution in [3.05, 3.63) is 69.8 Å². The number of nitrogens with two attached hydrogens (primary N) is 1. The van der Waals surface area contributed by atoms with E-state index in [-0.39, 0.29) is 6.04 Å². The predicted octanol–water partition coefficient (Wildman–Crippen LogP) is 4.03. The minimum Gasteiger partial charge on any atom is -0.327 e. The molecule has 0 aliphatic carbocycles. The lowest BCUT2D eigenvalue weighted by atomic mass is 9.94. The maximum atomic E-state index is 6.36. The van der Waals surface area contributed by atoms with E-state index in [0.29, 0.717) is 0 Å². The van der Waals surface area contributed by atoms with E-state index in [4.69, 9.17) is 5.73 Å². The Labute approximate surface area is 122 Å². The first-order chi connectivity index (χ1) is 9.44. The van der Waals surface area contributed by atoms with Crippen LogP contribution in [0.4, 0.5) is 0 Å². The van der Waals surface area contributed by atoms with Crippen molar-refractivity contribution in [2.75, 3.05) is 0 Å². The molecule has 2 N–H and O–H groups in total. The maximum absolute atomic E-state index is 6.36. The first-order valence-corrected chi connectivity index (χ1v) is 7.33. The highest BCUT2D eigenvalue weighted by atomic mass is 14.6. The molecule has 0 aliphatic heterocycles. The zero-order chi connectivity index (χ0) is 14.7. The van der Waals surface area contributed by atoms with Crippen LogP contribution >= 0.6 is 0 Å². The third-order valence-electron chi connectivity index (χ3n) is 3.77. The summed E-state index contributed by atoms with van der Waals surface area (Å²) >= 11 is 0. The van der Waals surface area contributed by atoms with Gasteiger partial charge in [0.15, 0.2) is 0 Å². The second-order valence-electron chi connectivity index (χ2n) is 6.09. The largest absolute Gasteiger partial charge is 0.327 e. The van der Waals surface area contributed by atoms with Crippen LogP contribution in [0.2, 0.25) is 0 Å². The van der Waals surface area contributed by atoms with Crippen LogP contribution in [0.5, 0.6) is 0 Å². The van der Waals surface area contributed by atoms with Crippen molar-refractivity contribution in [1.82, 2.24) is 0 Å². The highest BCUT2D eigenvalue weighted by Crippen LogP contribution is 2.15. The smallest absolute Gasteiger partial charge is 0.0120 e. The molecule has 0 bridgehead atoms. The van der Waals surface area contributed by atoms with Crippen molar-refractivity contribution in [2.24, 2.45) is 5.73 Å². The van der Waals surface area contributed by atoms with Gasteiger partial charge in [-0.1, -0.05) is 53.1 Å². The molecule has 1 atom stereocenters. The molecule has 2 rings (SSSR count). The van der Waals surface area contributed by atoms with Crippen LogP contribution in [-0.2, 0) is 12.8 Å². The number of hydrogen-bond donors (Lipinski definition) is 1. The van der Waals surface area contributed by atoms with Gasteiger partial charge >= 0.3 is 0 Å². The zero-order valence-corrected chi connectivity index (χ0v) is 13.0. The molecule has 1 unspecified atom stereocenters. The van der Waals surface area contributed by atoms with Gasteiger partial charge in [-0.2, -0.15) is 0 Å². The zero-order valence-electron chi connectivity index (χ0n) is 13.0. The van der Waals surface area contributed by atoms with Crippen molar-refractivity contribution in [1.29, 1.82) is 0 Å². The normalized spacial score (nSPS) is 12.4. The van der Waals surface area contributed by atoms with Crippen molar-refractivity contribution < 1.29 is 0 Å². The average molecular weight is 267 g/mol. The lowest BCUT2D eigenvalue weighted by Gasteiger charge is -2.15. The van der Waals surface area contributed by atoms with Crippen LogP contribution in [-0.4, -0.2) is 6.04 Å². The lowest BCUT2D eigenvalue weighted by Crippen LogP contribution is -2.26. The Hall–Kier alpha value is -1.60. The van der Waals surface area contributed by atoms with Gasteiger partial charge < -0.3 is 5.73 Å². The van der Waals surface area contributed by atoms with E-state index >= 15 is 0 Å². The predicted molar refractivity (Wildman–Crippen MR) is 87.2 cm³/mol. The quantitative estimate of drug-likeness (QED) is 0.889. The summed E-state index contributed by atoms with van der Waals surface area (Å²) < 4.78 is 0. The van der Waals surface area contributed by atoms with E-state index in [0.717, 1.165) is 12.8 Å². The van der Waals surface area contributed by atoms with Gasteiger partial charge in [0, 0.05) is 6.04 Å². The second kappa shape index (κ2) is 6.23. The van der Waals surface area contributed by atoms with Crippen LogP contribution < -0.4 is 5.73 Å². The van der Waals surface area contributed by atoms with Gasteiger partial charge in [0.05, 0.1) is 0 Å². The fourth-order valence-electron chi connectivity index (χ4n) is 2.86. The van der Waals surface area contributed by atoms with Crippen LogP contribution in [0.15, 0.2) is 36.4 Å². The number of benzene rings is 2. The van der Waals surface area contributed by atoms with Gasteiger partial charge in [-0.05, 0) is 57.2 Å². The van der Waals surface area contributed by atoms with Crippen molar-refractivity contribution in [3.8, 4) is 0 Å². The maximum Gasteiger partial charge on any atom is 0.0120 e. The summed E-state index contributed by atoms with van der Waals surface area (Å²) in [5, 5.41) is 0. The number of hydrogen-bond acceptors (Lipinski definition) is 1. The van der Waals surface area contributed by atoms with E-state index in [1.165, 1.54) is 33.4 Å². The van der Waals surface area contributed by atoms with E-state index in [1.54, 1.807) is 0 Å². The first-order valence-electron chi connectivity index (χ1n) is 7.33. The molecule has 0 heterocycles. The molecule has 106 valence electrons. The van der Waals surface area contributed by atoms with Gasteiger partial charge in [0.2, 0.25) is 0 Å². The molecule has 0 spiro atoms. The monoisotopic (exact) mass is 267 g/mol. The van der Waals surface area contributed by atoms with Crippen LogP contribution in [0.3, 0.4) is 0 Å². The van der Waals surface area contributed by atoms with Crippen molar-refractivity contribution >= 4 is 0 Å². The minimum absolute atomic E-state index is 0.177. The molecular formula is C19H25N. The summed E-state index contributed by atoms with van der Waals surface area (Å²) in [7, 11) is 0. The molecule has 2 aromatic carbocycles. The van der Waals surface area contributed by atoms with Gasteiger partial charge in [-0.25, -0.2) is 0 Å². The first kappa shape index (κ1) is 14.8. The molecule has 20 heavy (non-hydrogen) atoms. The summed E-state index contributed by atoms with van der Waals surface area (Å²) in [6, 6.07) is 13.5. The van der Waals surface area contributed by atoms with Gasteiger partial charge in [-0.15, -0.1) is 0 Å². The summed E-state index contributed by atoms with van der Waals surface area (Å²) in [6.07, 6.45) is 1.89. The Balaban J connectivity index is 2.08. The molecule has 0 aliphatic rings. The number of aryl methyl sites for hydroxylation is 4. The van der Waals surface area contributed by atoms with E-state index < -0.39 is 0 Å². The molecule has 0 aromatic heterocycles. The fourth-order valence-corrected chi connectivity index (χ4v) is 2.86. The van der Waals surface area contributed by atoms with Crippen LogP contribution in [0.25, 0.3) is 0 Å². The summed E-state index contributed by atoms with van der Waals surface area (Å²) in [5.41, 5.74) is 14.4. The molecule has 0 fully saturated rings. The van der Waals surface area contributed by atoms with Gasteiger partial charge in [-0.3, -0.25) is 0 Å². The molecular weight excluding hydrogens is 242 g/mol. The van der Waals surface area contributed by atoms with Crippen LogP contribution in [0, 0.1) is 27.7 Å². The topological polar surface area (TPSA) is 26.0 Å². The van der Waals surface area contributed by atoms with Crippen molar-refractivity contribution in [3.63, 3.8) is 0 Å². The highest BCUT2D eigenvalue weighted by molar-refractivity contribution is 5.32. The standard InChI is InChI=1S/C19H25N/c1-13-5-6-16(4)18(10-13)12-19(20)11-17-8-14(2)7-15(3)9-17/h5-10,19H,11-12,20H2,1-4H3. The Kier molecular flexibility index (Phi) is 4.61. The molecule has 1 nitrogen and oxygen atoms in total. The second-order valence-corrected chi connectivity index (χ2v) is 6.09. The molecule has 0 saturated carbocycles.